The standard InChI is InChI=1S/C22H28NO3/c1-4-23(2,3)16-17-26-21(24)15-12-18-10-13-20(14-11-18)22(25)19-8-6-5-7-9-19/h5-11,13-14H,4,12,15-17H2,1-3H3/q+1. The number of aryl methyl sites for hydroxylation is 1. The molecule has 0 fully saturated rings. The van der Waals surface area contributed by atoms with Gasteiger partial charge in [-0.2, -0.15) is 0 Å². The van der Waals surface area contributed by atoms with E-state index >= 15 is 0 Å². The molecule has 0 bridgehead atoms. The van der Waals surface area contributed by atoms with Crippen molar-refractivity contribution in [1.82, 2.24) is 0 Å². The van der Waals surface area contributed by atoms with Crippen LogP contribution in [0.1, 0.15) is 34.8 Å². The third-order valence-electron chi connectivity index (χ3n) is 4.69. The molecular formula is C22H28NO3+. The van der Waals surface area contributed by atoms with Crippen LogP contribution < -0.4 is 0 Å². The van der Waals surface area contributed by atoms with Crippen LogP contribution in [0.25, 0.3) is 0 Å². The van der Waals surface area contributed by atoms with Crippen LogP contribution in [0.5, 0.6) is 0 Å². The van der Waals surface area contributed by atoms with Gasteiger partial charge in [0.05, 0.1) is 20.6 Å². The summed E-state index contributed by atoms with van der Waals surface area (Å²) in [6, 6.07) is 16.7. The Kier molecular flexibility index (Phi) is 7.10. The summed E-state index contributed by atoms with van der Waals surface area (Å²) < 4.78 is 6.15. The van der Waals surface area contributed by atoms with E-state index in [1.54, 1.807) is 0 Å². The Balaban J connectivity index is 1.80. The summed E-state index contributed by atoms with van der Waals surface area (Å²) in [6.45, 7) is 4.39. The van der Waals surface area contributed by atoms with Gasteiger partial charge in [-0.25, -0.2) is 0 Å². The summed E-state index contributed by atoms with van der Waals surface area (Å²) >= 11 is 0. The minimum atomic E-state index is -0.175. The molecule has 0 saturated heterocycles. The third-order valence-corrected chi connectivity index (χ3v) is 4.69. The SMILES string of the molecule is CC[N+](C)(C)CCOC(=O)CCc1ccc(C(=O)c2ccccc2)cc1. The average Bonchev–Trinajstić information content (AvgIpc) is 2.67. The molecule has 4 heteroatoms. The van der Waals surface area contributed by atoms with Crippen molar-refractivity contribution < 1.29 is 18.8 Å². The van der Waals surface area contributed by atoms with Crippen molar-refractivity contribution >= 4 is 11.8 Å². The lowest BCUT2D eigenvalue weighted by Gasteiger charge is -2.27. The monoisotopic (exact) mass is 354 g/mol. The molecule has 0 aliphatic rings. The Hall–Kier alpha value is -2.46. The van der Waals surface area contributed by atoms with E-state index in [0.717, 1.165) is 23.1 Å². The third kappa shape index (κ3) is 6.12. The molecule has 0 N–H and O–H groups in total. The topological polar surface area (TPSA) is 43.4 Å². The number of benzene rings is 2. The quantitative estimate of drug-likeness (QED) is 0.393. The molecule has 2 aromatic rings. The molecule has 0 amide bonds. The van der Waals surface area contributed by atoms with Crippen LogP contribution in [0.15, 0.2) is 54.6 Å². The number of likely N-dealkylation sites (N-methyl/N-ethyl adjacent to an activating group) is 1. The van der Waals surface area contributed by atoms with Gasteiger partial charge in [-0.1, -0.05) is 54.6 Å². The fourth-order valence-electron chi connectivity index (χ4n) is 2.46. The van der Waals surface area contributed by atoms with Crippen LogP contribution in [-0.4, -0.2) is 50.0 Å². The second-order valence-electron chi connectivity index (χ2n) is 7.09. The van der Waals surface area contributed by atoms with Crippen molar-refractivity contribution in [2.24, 2.45) is 0 Å². The fraction of sp³-hybridized carbons (Fsp3) is 0.364. The number of hydrogen-bond acceptors (Lipinski definition) is 3. The summed E-state index contributed by atoms with van der Waals surface area (Å²) in [5.74, 6) is -0.168. The zero-order valence-electron chi connectivity index (χ0n) is 15.9. The van der Waals surface area contributed by atoms with Crippen molar-refractivity contribution in [2.45, 2.75) is 19.8 Å². The van der Waals surface area contributed by atoms with Gasteiger partial charge >= 0.3 is 5.97 Å². The van der Waals surface area contributed by atoms with Gasteiger partial charge in [0.15, 0.2) is 5.78 Å². The number of carbonyl (C=O) groups is 2. The molecule has 0 atom stereocenters. The number of ether oxygens (including phenoxy) is 1. The van der Waals surface area contributed by atoms with Gasteiger partial charge in [-0.3, -0.25) is 9.59 Å². The van der Waals surface area contributed by atoms with Crippen molar-refractivity contribution in [3.8, 4) is 0 Å². The number of quaternary nitrogens is 1. The van der Waals surface area contributed by atoms with Gasteiger partial charge in [-0.05, 0) is 18.9 Å². The number of carbonyl (C=O) groups excluding carboxylic acids is 2. The van der Waals surface area contributed by atoms with Crippen LogP contribution in [-0.2, 0) is 16.0 Å². The number of nitrogens with zero attached hydrogens (tertiary/aromatic N) is 1. The highest BCUT2D eigenvalue weighted by Gasteiger charge is 2.13. The fourth-order valence-corrected chi connectivity index (χ4v) is 2.46. The minimum absolute atomic E-state index is 0.00761. The predicted molar refractivity (Wildman–Crippen MR) is 103 cm³/mol. The van der Waals surface area contributed by atoms with Gasteiger partial charge in [0.2, 0.25) is 0 Å². The van der Waals surface area contributed by atoms with E-state index in [1.165, 1.54) is 0 Å². The molecule has 4 nitrogen and oxygen atoms in total. The molecule has 138 valence electrons. The lowest BCUT2D eigenvalue weighted by atomic mass is 10.0. The first-order valence-electron chi connectivity index (χ1n) is 9.07. The van der Waals surface area contributed by atoms with Crippen molar-refractivity contribution in [3.63, 3.8) is 0 Å². The molecule has 0 heterocycles. The maximum atomic E-state index is 12.4. The van der Waals surface area contributed by atoms with Crippen molar-refractivity contribution in [3.05, 3.63) is 71.3 Å². The van der Waals surface area contributed by atoms with E-state index in [1.807, 2.05) is 54.6 Å². The first kappa shape index (κ1) is 19.9. The lowest BCUT2D eigenvalue weighted by Crippen LogP contribution is -2.42. The number of hydrogen-bond donors (Lipinski definition) is 0. The van der Waals surface area contributed by atoms with E-state index in [-0.39, 0.29) is 11.8 Å². The Morgan fingerprint density at radius 1 is 0.923 bits per heavy atom. The summed E-state index contributed by atoms with van der Waals surface area (Å²) in [5, 5.41) is 0. The zero-order valence-corrected chi connectivity index (χ0v) is 15.9. The number of esters is 1. The minimum Gasteiger partial charge on any atom is -0.460 e. The van der Waals surface area contributed by atoms with Crippen molar-refractivity contribution in [2.75, 3.05) is 33.8 Å². The summed E-state index contributed by atoms with van der Waals surface area (Å²) in [4.78, 5) is 24.2. The Bertz CT molecular complexity index is 721. The van der Waals surface area contributed by atoms with Gasteiger partial charge in [0, 0.05) is 17.5 Å². The highest BCUT2D eigenvalue weighted by molar-refractivity contribution is 6.08. The van der Waals surface area contributed by atoms with Gasteiger partial charge in [0.1, 0.15) is 13.2 Å². The van der Waals surface area contributed by atoms with Crippen LogP contribution in [0.2, 0.25) is 0 Å². The molecular weight excluding hydrogens is 326 g/mol. The molecule has 0 aromatic heterocycles. The van der Waals surface area contributed by atoms with Gasteiger partial charge in [0.25, 0.3) is 0 Å². The summed E-state index contributed by atoms with van der Waals surface area (Å²) in [6.07, 6.45) is 0.968. The molecule has 0 unspecified atom stereocenters. The Morgan fingerprint density at radius 2 is 1.54 bits per heavy atom. The van der Waals surface area contributed by atoms with E-state index in [0.29, 0.717) is 30.6 Å². The Labute approximate surface area is 156 Å². The molecule has 26 heavy (non-hydrogen) atoms. The highest BCUT2D eigenvalue weighted by atomic mass is 16.5. The summed E-state index contributed by atoms with van der Waals surface area (Å²) in [7, 11) is 4.23. The molecule has 0 aliphatic heterocycles. The zero-order chi connectivity index (χ0) is 19.0. The normalized spacial score (nSPS) is 11.2. The van der Waals surface area contributed by atoms with Crippen LogP contribution in [0.3, 0.4) is 0 Å². The van der Waals surface area contributed by atoms with E-state index < -0.39 is 0 Å². The molecule has 2 rings (SSSR count). The van der Waals surface area contributed by atoms with Crippen LogP contribution in [0.4, 0.5) is 0 Å². The predicted octanol–water partition coefficient (Wildman–Crippen LogP) is 3.49. The smallest absolute Gasteiger partial charge is 0.306 e. The first-order valence-corrected chi connectivity index (χ1v) is 9.07. The first-order chi connectivity index (χ1) is 12.4. The lowest BCUT2D eigenvalue weighted by molar-refractivity contribution is -0.888. The molecule has 0 radical (unpaired) electrons. The molecule has 2 aromatic carbocycles. The highest BCUT2D eigenvalue weighted by Crippen LogP contribution is 2.12. The van der Waals surface area contributed by atoms with Crippen LogP contribution >= 0.6 is 0 Å². The molecule has 0 aliphatic carbocycles. The number of rotatable bonds is 9. The van der Waals surface area contributed by atoms with Gasteiger partial charge in [-0.15, -0.1) is 0 Å². The molecule has 0 spiro atoms. The van der Waals surface area contributed by atoms with E-state index in [2.05, 4.69) is 21.0 Å². The maximum Gasteiger partial charge on any atom is 0.306 e. The van der Waals surface area contributed by atoms with E-state index in [4.69, 9.17) is 4.74 Å². The largest absolute Gasteiger partial charge is 0.460 e. The molecule has 0 saturated carbocycles. The second-order valence-corrected chi connectivity index (χ2v) is 7.09. The van der Waals surface area contributed by atoms with Crippen molar-refractivity contribution in [1.29, 1.82) is 0 Å². The maximum absolute atomic E-state index is 12.4. The van der Waals surface area contributed by atoms with Gasteiger partial charge < -0.3 is 9.22 Å². The second kappa shape index (κ2) is 9.30. The van der Waals surface area contributed by atoms with Crippen LogP contribution in [0, 0.1) is 0 Å². The Morgan fingerprint density at radius 3 is 2.15 bits per heavy atom. The number of ketones is 1. The average molecular weight is 354 g/mol. The summed E-state index contributed by atoms with van der Waals surface area (Å²) in [5.41, 5.74) is 2.36. The van der Waals surface area contributed by atoms with E-state index in [9.17, 15) is 9.59 Å².